The van der Waals surface area contributed by atoms with Crippen LogP contribution in [-0.2, 0) is 0 Å². The van der Waals surface area contributed by atoms with Crippen molar-refractivity contribution in [2.45, 2.75) is 38.5 Å². The lowest BCUT2D eigenvalue weighted by atomic mass is 9.77. The summed E-state index contributed by atoms with van der Waals surface area (Å²) in [4.78, 5) is 14.0. The number of alkyl halides is 4. The Morgan fingerprint density at radius 2 is 1.68 bits per heavy atom. The number of hydrogen-bond acceptors (Lipinski definition) is 5. The standard InChI is InChI=1S/C27H22F4N2O3S/c28-26(29)35-20-11-3-1-7-16(20)15-17-8-5-10-19-23(17)32-33(25(34)22-13-6-14-37-22)24(19)18-9-2-4-12-21(18)36-27(30)31/h1-4,6-7,9,11-15,19,24,26-27H,5,8,10H2/b17-15+. The molecule has 1 aromatic heterocycles. The zero-order chi connectivity index (χ0) is 25.9. The Bertz CT molecular complexity index is 1330. The van der Waals surface area contributed by atoms with Crippen LogP contribution in [0.15, 0.2) is 76.7 Å². The molecule has 192 valence electrons. The van der Waals surface area contributed by atoms with E-state index < -0.39 is 19.3 Å². The fraction of sp³-hybridized carbons (Fsp3) is 0.259. The van der Waals surface area contributed by atoms with Gasteiger partial charge in [0.1, 0.15) is 11.5 Å². The molecule has 1 aliphatic heterocycles. The van der Waals surface area contributed by atoms with Crippen LogP contribution in [0.25, 0.3) is 6.08 Å². The lowest BCUT2D eigenvalue weighted by Gasteiger charge is -2.30. The van der Waals surface area contributed by atoms with Gasteiger partial charge in [0.2, 0.25) is 0 Å². The van der Waals surface area contributed by atoms with Crippen LogP contribution in [-0.4, -0.2) is 29.9 Å². The van der Waals surface area contributed by atoms with E-state index in [0.29, 0.717) is 34.6 Å². The molecule has 3 aromatic rings. The largest absolute Gasteiger partial charge is 0.434 e. The van der Waals surface area contributed by atoms with Gasteiger partial charge in [-0.1, -0.05) is 42.5 Å². The second kappa shape index (κ2) is 10.8. The van der Waals surface area contributed by atoms with Crippen molar-refractivity contribution in [2.75, 3.05) is 0 Å². The summed E-state index contributed by atoms with van der Waals surface area (Å²) in [6, 6.07) is 15.6. The number of benzene rings is 2. The lowest BCUT2D eigenvalue weighted by molar-refractivity contribution is -0.0514. The maximum atomic E-state index is 13.5. The second-order valence-electron chi connectivity index (χ2n) is 8.56. The number of hydrogen-bond donors (Lipinski definition) is 0. The summed E-state index contributed by atoms with van der Waals surface area (Å²) in [5, 5.41) is 7.84. The maximum absolute atomic E-state index is 13.5. The molecule has 37 heavy (non-hydrogen) atoms. The number of ether oxygens (including phenoxy) is 2. The predicted molar refractivity (Wildman–Crippen MR) is 132 cm³/mol. The van der Waals surface area contributed by atoms with Crippen molar-refractivity contribution in [3.05, 3.63) is 87.6 Å². The van der Waals surface area contributed by atoms with Crippen LogP contribution in [0.1, 0.15) is 46.1 Å². The van der Waals surface area contributed by atoms with Crippen molar-refractivity contribution >= 4 is 29.0 Å². The number of halogens is 4. The zero-order valence-electron chi connectivity index (χ0n) is 19.4. The molecule has 0 saturated heterocycles. The number of carbonyl (C=O) groups is 1. The Balaban J connectivity index is 1.59. The first kappa shape index (κ1) is 25.0. The number of para-hydroxylation sites is 2. The van der Waals surface area contributed by atoms with Crippen LogP contribution in [0.2, 0.25) is 0 Å². The predicted octanol–water partition coefficient (Wildman–Crippen LogP) is 7.39. The number of fused-ring (bicyclic) bond motifs is 1. The lowest BCUT2D eigenvalue weighted by Crippen LogP contribution is -2.32. The zero-order valence-corrected chi connectivity index (χ0v) is 20.2. The first-order valence-electron chi connectivity index (χ1n) is 11.7. The highest BCUT2D eigenvalue weighted by atomic mass is 32.1. The SMILES string of the molecule is O=C(c1cccs1)N1N=C2/C(=C/c3ccccc3OC(F)F)CCCC2C1c1ccccc1OC(F)F. The van der Waals surface area contributed by atoms with Gasteiger partial charge in [0.25, 0.3) is 5.91 Å². The average Bonchev–Trinajstić information content (AvgIpc) is 3.54. The van der Waals surface area contributed by atoms with Gasteiger partial charge < -0.3 is 9.47 Å². The first-order chi connectivity index (χ1) is 17.9. The number of nitrogens with zero attached hydrogens (tertiary/aromatic N) is 2. The smallest absolute Gasteiger partial charge is 0.387 e. The molecule has 2 aromatic carbocycles. The fourth-order valence-corrected chi connectivity index (χ4v) is 5.56. The van der Waals surface area contributed by atoms with Crippen molar-refractivity contribution in [1.82, 2.24) is 5.01 Å². The van der Waals surface area contributed by atoms with E-state index in [1.807, 2.05) is 0 Å². The Morgan fingerprint density at radius 1 is 0.973 bits per heavy atom. The third kappa shape index (κ3) is 5.24. The third-order valence-corrected chi connectivity index (χ3v) is 7.22. The second-order valence-corrected chi connectivity index (χ2v) is 9.51. The van der Waals surface area contributed by atoms with Crippen molar-refractivity contribution in [3.8, 4) is 11.5 Å². The average molecular weight is 531 g/mol. The van der Waals surface area contributed by atoms with Crippen molar-refractivity contribution in [2.24, 2.45) is 11.0 Å². The maximum Gasteiger partial charge on any atom is 0.387 e. The number of thiophene rings is 1. The summed E-state index contributed by atoms with van der Waals surface area (Å²) in [5.41, 5.74) is 2.29. The Kier molecular flexibility index (Phi) is 7.27. The molecule has 2 heterocycles. The van der Waals surface area contributed by atoms with Gasteiger partial charge >= 0.3 is 13.2 Å². The Labute approximate surface area is 214 Å². The minimum atomic E-state index is -3.03. The third-order valence-electron chi connectivity index (χ3n) is 6.36. The molecule has 2 aliphatic rings. The van der Waals surface area contributed by atoms with Gasteiger partial charge in [-0.3, -0.25) is 4.79 Å². The molecular weight excluding hydrogens is 508 g/mol. The van der Waals surface area contributed by atoms with Gasteiger partial charge in [-0.2, -0.15) is 22.7 Å². The number of rotatable bonds is 7. The normalized spacial score (nSPS) is 20.3. The van der Waals surface area contributed by atoms with Gasteiger partial charge in [0.15, 0.2) is 0 Å². The molecule has 1 fully saturated rings. The Hall–Kier alpha value is -3.66. The van der Waals surface area contributed by atoms with E-state index in [1.165, 1.54) is 28.5 Å². The molecule has 0 radical (unpaired) electrons. The molecule has 1 amide bonds. The van der Waals surface area contributed by atoms with Crippen LogP contribution in [0.3, 0.4) is 0 Å². The van der Waals surface area contributed by atoms with E-state index in [0.717, 1.165) is 12.0 Å². The summed E-state index contributed by atoms with van der Waals surface area (Å²) >= 11 is 1.26. The van der Waals surface area contributed by atoms with Crippen LogP contribution in [0.5, 0.6) is 11.5 Å². The molecule has 1 saturated carbocycles. The number of hydrazone groups is 1. The van der Waals surface area contributed by atoms with E-state index in [4.69, 9.17) is 9.84 Å². The summed E-state index contributed by atoms with van der Waals surface area (Å²) < 4.78 is 61.9. The van der Waals surface area contributed by atoms with Gasteiger partial charge in [-0.05, 0) is 54.5 Å². The van der Waals surface area contributed by atoms with Gasteiger partial charge in [-0.15, -0.1) is 11.3 Å². The summed E-state index contributed by atoms with van der Waals surface area (Å²) in [6.07, 6.45) is 3.76. The van der Waals surface area contributed by atoms with Gasteiger partial charge in [0, 0.05) is 17.0 Å². The minimum absolute atomic E-state index is 0.0188. The van der Waals surface area contributed by atoms with E-state index in [1.54, 1.807) is 60.0 Å². The van der Waals surface area contributed by atoms with E-state index in [-0.39, 0.29) is 23.3 Å². The Morgan fingerprint density at radius 3 is 2.41 bits per heavy atom. The van der Waals surface area contributed by atoms with E-state index in [9.17, 15) is 22.4 Å². The first-order valence-corrected chi connectivity index (χ1v) is 12.5. The number of amides is 1. The highest BCUT2D eigenvalue weighted by Crippen LogP contribution is 2.47. The molecule has 0 spiro atoms. The van der Waals surface area contributed by atoms with Crippen molar-refractivity contribution in [3.63, 3.8) is 0 Å². The number of allylic oxidation sites excluding steroid dienone is 1. The topological polar surface area (TPSA) is 51.1 Å². The monoisotopic (exact) mass is 530 g/mol. The molecule has 0 N–H and O–H groups in total. The van der Waals surface area contributed by atoms with Gasteiger partial charge in [0.05, 0.1) is 16.6 Å². The number of carbonyl (C=O) groups excluding carboxylic acids is 1. The van der Waals surface area contributed by atoms with Crippen molar-refractivity contribution < 1.29 is 31.8 Å². The fourth-order valence-electron chi connectivity index (χ4n) is 4.91. The summed E-state index contributed by atoms with van der Waals surface area (Å²) in [7, 11) is 0. The molecule has 2 atom stereocenters. The summed E-state index contributed by atoms with van der Waals surface area (Å²) in [5.74, 6) is -0.636. The molecule has 5 nitrogen and oxygen atoms in total. The molecule has 0 bridgehead atoms. The summed E-state index contributed by atoms with van der Waals surface area (Å²) in [6.45, 7) is -6.00. The molecule has 10 heteroatoms. The van der Waals surface area contributed by atoms with Crippen LogP contribution >= 0.6 is 11.3 Å². The highest BCUT2D eigenvalue weighted by molar-refractivity contribution is 7.12. The van der Waals surface area contributed by atoms with Crippen LogP contribution in [0.4, 0.5) is 17.6 Å². The molecule has 1 aliphatic carbocycles. The van der Waals surface area contributed by atoms with E-state index in [2.05, 4.69) is 4.74 Å². The molecular formula is C27H22F4N2O3S. The van der Waals surface area contributed by atoms with Gasteiger partial charge in [-0.25, -0.2) is 5.01 Å². The van der Waals surface area contributed by atoms with Crippen LogP contribution < -0.4 is 9.47 Å². The minimum Gasteiger partial charge on any atom is -0.434 e. The highest BCUT2D eigenvalue weighted by Gasteiger charge is 2.45. The molecule has 5 rings (SSSR count). The quantitative estimate of drug-likeness (QED) is 0.299. The van der Waals surface area contributed by atoms with Crippen molar-refractivity contribution in [1.29, 1.82) is 0 Å². The van der Waals surface area contributed by atoms with Crippen LogP contribution in [0, 0.1) is 5.92 Å². The molecule has 2 unspecified atom stereocenters. The van der Waals surface area contributed by atoms with E-state index >= 15 is 0 Å².